The number of aromatic nitrogens is 4. The van der Waals surface area contributed by atoms with Crippen LogP contribution in [0, 0.1) is 0 Å². The quantitative estimate of drug-likeness (QED) is 0.821. The summed E-state index contributed by atoms with van der Waals surface area (Å²) in [5, 5.41) is 7.84. The van der Waals surface area contributed by atoms with E-state index in [0.29, 0.717) is 23.6 Å². The van der Waals surface area contributed by atoms with Gasteiger partial charge in [0.2, 0.25) is 0 Å². The minimum Gasteiger partial charge on any atom is -0.383 e. The van der Waals surface area contributed by atoms with E-state index in [1.807, 2.05) is 0 Å². The minimum absolute atomic E-state index is 0.0779. The Morgan fingerprint density at radius 1 is 1.53 bits per heavy atom. The van der Waals surface area contributed by atoms with E-state index in [-0.39, 0.29) is 23.3 Å². The van der Waals surface area contributed by atoms with Gasteiger partial charge >= 0.3 is 0 Å². The first-order valence-electron chi connectivity index (χ1n) is 5.78. The third-order valence-electron chi connectivity index (χ3n) is 3.25. The summed E-state index contributed by atoms with van der Waals surface area (Å²) in [5.74, 6) is 1.17. The van der Waals surface area contributed by atoms with Crippen LogP contribution in [-0.2, 0) is 16.9 Å². The molecule has 1 saturated heterocycles. The number of nitrogens with zero attached hydrogens (tertiary/aromatic N) is 4. The number of hydrogen-bond donors (Lipinski definition) is 1. The molecule has 0 aliphatic carbocycles. The van der Waals surface area contributed by atoms with E-state index in [1.165, 1.54) is 10.9 Å². The molecule has 0 aromatic carbocycles. The van der Waals surface area contributed by atoms with Crippen LogP contribution in [0.15, 0.2) is 10.7 Å². The highest BCUT2D eigenvalue weighted by Gasteiger charge is 2.32. The molecule has 8 nitrogen and oxygen atoms in total. The maximum atomic E-state index is 11.4. The molecule has 2 aromatic heterocycles. The zero-order chi connectivity index (χ0) is 13.6. The van der Waals surface area contributed by atoms with Gasteiger partial charge in [0.15, 0.2) is 15.7 Å². The summed E-state index contributed by atoms with van der Waals surface area (Å²) < 4.78 is 29.5. The fraction of sp³-hybridized carbons (Fsp3) is 0.500. The summed E-state index contributed by atoms with van der Waals surface area (Å²) in [7, 11) is -1.26. The third-order valence-corrected chi connectivity index (χ3v) is 5.02. The first kappa shape index (κ1) is 12.2. The van der Waals surface area contributed by atoms with Crippen molar-refractivity contribution in [3.63, 3.8) is 0 Å². The van der Waals surface area contributed by atoms with Gasteiger partial charge in [-0.1, -0.05) is 5.16 Å². The molecular formula is C10H13N5O3S. The van der Waals surface area contributed by atoms with Crippen LogP contribution < -0.4 is 5.73 Å². The molecule has 1 unspecified atom stereocenters. The fourth-order valence-electron chi connectivity index (χ4n) is 2.12. The molecule has 0 amide bonds. The molecule has 0 spiro atoms. The van der Waals surface area contributed by atoms with Crippen molar-refractivity contribution in [3.05, 3.63) is 12.0 Å². The van der Waals surface area contributed by atoms with E-state index in [2.05, 4.69) is 15.2 Å². The number of nitrogens with two attached hydrogens (primary N) is 1. The van der Waals surface area contributed by atoms with Gasteiger partial charge in [-0.05, 0) is 6.42 Å². The molecule has 3 rings (SSSR count). The van der Waals surface area contributed by atoms with Crippen molar-refractivity contribution in [2.24, 2.45) is 7.05 Å². The molecule has 19 heavy (non-hydrogen) atoms. The number of sulfone groups is 1. The van der Waals surface area contributed by atoms with E-state index in [1.54, 1.807) is 7.05 Å². The summed E-state index contributed by atoms with van der Waals surface area (Å²) in [6.07, 6.45) is 2.07. The van der Waals surface area contributed by atoms with Crippen LogP contribution in [0.3, 0.4) is 0 Å². The van der Waals surface area contributed by atoms with Gasteiger partial charge in [-0.25, -0.2) is 8.42 Å². The third kappa shape index (κ3) is 2.09. The Morgan fingerprint density at radius 2 is 2.32 bits per heavy atom. The molecule has 2 aromatic rings. The Hall–Kier alpha value is -1.90. The topological polar surface area (TPSA) is 117 Å². The molecule has 0 saturated carbocycles. The number of anilines is 1. The van der Waals surface area contributed by atoms with E-state index < -0.39 is 9.84 Å². The van der Waals surface area contributed by atoms with Crippen molar-refractivity contribution in [2.75, 3.05) is 17.2 Å². The van der Waals surface area contributed by atoms with Gasteiger partial charge in [0.1, 0.15) is 11.4 Å². The molecule has 9 heteroatoms. The highest BCUT2D eigenvalue weighted by Crippen LogP contribution is 2.29. The second kappa shape index (κ2) is 4.05. The summed E-state index contributed by atoms with van der Waals surface area (Å²) in [6.45, 7) is 0. The second-order valence-electron chi connectivity index (χ2n) is 4.62. The molecule has 0 bridgehead atoms. The normalized spacial score (nSPS) is 21.8. The average molecular weight is 283 g/mol. The van der Waals surface area contributed by atoms with Gasteiger partial charge in [0.25, 0.3) is 5.89 Å². The highest BCUT2D eigenvalue weighted by molar-refractivity contribution is 7.91. The van der Waals surface area contributed by atoms with Crippen LogP contribution in [0.1, 0.15) is 18.2 Å². The van der Waals surface area contributed by atoms with Crippen molar-refractivity contribution in [1.29, 1.82) is 0 Å². The van der Waals surface area contributed by atoms with Crippen LogP contribution in [0.2, 0.25) is 0 Å². The van der Waals surface area contributed by atoms with E-state index in [9.17, 15) is 8.42 Å². The van der Waals surface area contributed by atoms with Gasteiger partial charge in [-0.3, -0.25) is 4.68 Å². The summed E-state index contributed by atoms with van der Waals surface area (Å²) in [4.78, 5) is 4.23. The molecule has 1 aliphatic rings. The van der Waals surface area contributed by atoms with Gasteiger partial charge in [-0.2, -0.15) is 10.1 Å². The first-order valence-corrected chi connectivity index (χ1v) is 7.60. The SMILES string of the molecule is Cn1ncc(-c2nc(C3CCS(=O)(=O)C3)no2)c1N. The zero-order valence-corrected chi connectivity index (χ0v) is 11.1. The van der Waals surface area contributed by atoms with E-state index >= 15 is 0 Å². The standard InChI is InChI=1S/C10H13N5O3S/c1-15-8(11)7(4-12-15)10-13-9(14-18-10)6-2-3-19(16,17)5-6/h4,6H,2-3,5,11H2,1H3. The predicted octanol–water partition coefficient (Wildman–Crippen LogP) is -0.0456. The highest BCUT2D eigenvalue weighted by atomic mass is 32.2. The van der Waals surface area contributed by atoms with Crippen molar-refractivity contribution >= 4 is 15.7 Å². The largest absolute Gasteiger partial charge is 0.383 e. The molecule has 1 atom stereocenters. The lowest BCUT2D eigenvalue weighted by Gasteiger charge is -1.98. The molecular weight excluding hydrogens is 270 g/mol. The Morgan fingerprint density at radius 3 is 2.89 bits per heavy atom. The summed E-state index contributed by atoms with van der Waals surface area (Å²) in [6, 6.07) is 0. The van der Waals surface area contributed by atoms with Crippen molar-refractivity contribution in [2.45, 2.75) is 12.3 Å². The summed E-state index contributed by atoms with van der Waals surface area (Å²) in [5.41, 5.74) is 6.37. The van der Waals surface area contributed by atoms with E-state index in [4.69, 9.17) is 10.3 Å². The maximum absolute atomic E-state index is 11.4. The predicted molar refractivity (Wildman–Crippen MR) is 66.9 cm³/mol. The first-order chi connectivity index (χ1) is 8.96. The lowest BCUT2D eigenvalue weighted by Crippen LogP contribution is -2.05. The van der Waals surface area contributed by atoms with Gasteiger partial charge in [0.05, 0.1) is 17.7 Å². The fourth-order valence-corrected chi connectivity index (χ4v) is 3.86. The zero-order valence-electron chi connectivity index (χ0n) is 10.3. The van der Waals surface area contributed by atoms with Crippen molar-refractivity contribution in [3.8, 4) is 11.5 Å². The molecule has 2 N–H and O–H groups in total. The lowest BCUT2D eigenvalue weighted by atomic mass is 10.1. The smallest absolute Gasteiger partial charge is 0.263 e. The van der Waals surface area contributed by atoms with Crippen LogP contribution in [0.25, 0.3) is 11.5 Å². The van der Waals surface area contributed by atoms with Crippen molar-refractivity contribution < 1.29 is 12.9 Å². The van der Waals surface area contributed by atoms with Gasteiger partial charge < -0.3 is 10.3 Å². The molecule has 102 valence electrons. The van der Waals surface area contributed by atoms with E-state index in [0.717, 1.165) is 0 Å². The van der Waals surface area contributed by atoms with Gasteiger partial charge in [-0.15, -0.1) is 0 Å². The number of aryl methyl sites for hydroxylation is 1. The number of rotatable bonds is 2. The molecule has 3 heterocycles. The second-order valence-corrected chi connectivity index (χ2v) is 6.85. The van der Waals surface area contributed by atoms with Crippen LogP contribution in [0.5, 0.6) is 0 Å². The Labute approximate surface area is 109 Å². The maximum Gasteiger partial charge on any atom is 0.263 e. The Kier molecular flexibility index (Phi) is 2.59. The van der Waals surface area contributed by atoms with Crippen LogP contribution in [-0.4, -0.2) is 39.8 Å². The van der Waals surface area contributed by atoms with Crippen molar-refractivity contribution in [1.82, 2.24) is 19.9 Å². The van der Waals surface area contributed by atoms with Crippen LogP contribution in [0.4, 0.5) is 5.82 Å². The minimum atomic E-state index is -2.97. The average Bonchev–Trinajstić information content (AvgIpc) is 3.01. The number of nitrogen functional groups attached to an aromatic ring is 1. The van der Waals surface area contributed by atoms with Gasteiger partial charge in [0, 0.05) is 13.0 Å². The Bertz CT molecular complexity index is 717. The summed E-state index contributed by atoms with van der Waals surface area (Å²) >= 11 is 0. The lowest BCUT2D eigenvalue weighted by molar-refractivity contribution is 0.418. The molecule has 1 fully saturated rings. The molecule has 1 aliphatic heterocycles. The Balaban J connectivity index is 1.90. The number of hydrogen-bond acceptors (Lipinski definition) is 7. The van der Waals surface area contributed by atoms with Crippen LogP contribution >= 0.6 is 0 Å². The molecule has 0 radical (unpaired) electrons. The monoisotopic (exact) mass is 283 g/mol.